The van der Waals surface area contributed by atoms with Crippen LogP contribution >= 0.6 is 0 Å². The molecular formula is C24H24NO2+. The van der Waals surface area contributed by atoms with Crippen LogP contribution in [0.1, 0.15) is 29.2 Å². The lowest BCUT2D eigenvalue weighted by molar-refractivity contribution is -0.114. The molecule has 0 unspecified atom stereocenters. The molecule has 1 amide bonds. The molecule has 1 N–H and O–H groups in total. The number of hydrogen-bond acceptors (Lipinski definition) is 1. The summed E-state index contributed by atoms with van der Waals surface area (Å²) in [5, 5.41) is 5.25. The van der Waals surface area contributed by atoms with E-state index in [-0.39, 0.29) is 5.91 Å². The smallest absolute Gasteiger partial charge is 0.279 e. The molecule has 4 rings (SSSR count). The quantitative estimate of drug-likeness (QED) is 0.410. The van der Waals surface area contributed by atoms with Crippen LogP contribution in [-0.4, -0.2) is 5.91 Å². The van der Waals surface area contributed by atoms with Crippen molar-refractivity contribution in [3.8, 4) is 5.75 Å². The molecule has 0 radical (unpaired) electrons. The molecule has 0 aliphatic carbocycles. The second-order valence-electron chi connectivity index (χ2n) is 7.38. The summed E-state index contributed by atoms with van der Waals surface area (Å²) in [5.74, 6) is 1.05. The molecule has 3 aromatic carbocycles. The van der Waals surface area contributed by atoms with Gasteiger partial charge in [-0.15, -0.1) is 0 Å². The van der Waals surface area contributed by atoms with Crippen LogP contribution in [0.3, 0.4) is 0 Å². The van der Waals surface area contributed by atoms with E-state index in [2.05, 4.69) is 79.5 Å². The minimum atomic E-state index is -0.0589. The van der Waals surface area contributed by atoms with Crippen molar-refractivity contribution in [2.24, 2.45) is 0 Å². The lowest BCUT2D eigenvalue weighted by Crippen LogP contribution is -2.05. The number of anilines is 1. The van der Waals surface area contributed by atoms with Crippen molar-refractivity contribution >= 4 is 33.5 Å². The number of aryl methyl sites for hydroxylation is 4. The number of carbonyl (C=O) groups excluding carboxylic acids is 1. The number of nitrogens with one attached hydrogen (secondary N) is 1. The van der Waals surface area contributed by atoms with Gasteiger partial charge >= 0.3 is 0 Å². The second-order valence-corrected chi connectivity index (χ2v) is 7.38. The monoisotopic (exact) mass is 358 g/mol. The zero-order chi connectivity index (χ0) is 19.3. The number of carbonyl (C=O) groups is 1. The molecule has 4 aromatic rings. The molecule has 1 aromatic heterocycles. The number of hydrogen-bond donors (Lipinski definition) is 1. The van der Waals surface area contributed by atoms with Crippen molar-refractivity contribution in [2.45, 2.75) is 34.6 Å². The van der Waals surface area contributed by atoms with Crippen molar-refractivity contribution in [3.63, 3.8) is 0 Å². The van der Waals surface area contributed by atoms with E-state index >= 15 is 0 Å². The predicted molar refractivity (Wildman–Crippen MR) is 113 cm³/mol. The fourth-order valence-corrected chi connectivity index (χ4v) is 4.05. The van der Waals surface area contributed by atoms with Crippen LogP contribution in [0.15, 0.2) is 52.6 Å². The van der Waals surface area contributed by atoms with E-state index in [9.17, 15) is 4.79 Å². The highest BCUT2D eigenvalue weighted by Crippen LogP contribution is 2.44. The Morgan fingerprint density at radius 3 is 2.11 bits per heavy atom. The van der Waals surface area contributed by atoms with Crippen LogP contribution in [-0.2, 0) is 4.79 Å². The maximum atomic E-state index is 11.6. The van der Waals surface area contributed by atoms with Crippen LogP contribution in [0.4, 0.5) is 5.69 Å². The summed E-state index contributed by atoms with van der Waals surface area (Å²) in [4.78, 5) is 11.6. The molecule has 27 heavy (non-hydrogen) atoms. The fraction of sp³-hybridized carbons (Fsp3) is 0.208. The van der Waals surface area contributed by atoms with Crippen molar-refractivity contribution < 1.29 is 8.84 Å². The van der Waals surface area contributed by atoms with Crippen LogP contribution in [0.2, 0.25) is 0 Å². The van der Waals surface area contributed by atoms with Crippen molar-refractivity contribution in [1.29, 1.82) is 0 Å². The number of para-hydroxylation sites is 1. The van der Waals surface area contributed by atoms with Crippen molar-refractivity contribution in [3.05, 3.63) is 70.8 Å². The SMILES string of the molecule is CC(=O)Nc1cc(C)c2c(c1)c1cc(C)cc(C)c1[o+]2-c1ccccc1C. The Kier molecular flexibility index (Phi) is 4.03. The Hall–Kier alpha value is -3.07. The van der Waals surface area contributed by atoms with E-state index in [4.69, 9.17) is 0 Å². The minimum Gasteiger partial charge on any atom is -0.497 e. The van der Waals surface area contributed by atoms with Gasteiger partial charge < -0.3 is 9.36 Å². The third-order valence-corrected chi connectivity index (χ3v) is 5.03. The first-order chi connectivity index (χ1) is 12.9. The zero-order valence-electron chi connectivity index (χ0n) is 16.4. The van der Waals surface area contributed by atoms with Crippen molar-refractivity contribution in [2.75, 3.05) is 5.32 Å². The number of benzene rings is 3. The first kappa shape index (κ1) is 17.3. The highest BCUT2D eigenvalue weighted by molar-refractivity contribution is 6.10. The standard InChI is InChI=1S/C24H23NO2/c1-14-10-16(3)23-20(11-14)21-13-19(25-18(5)26)12-17(4)24(21)27(23)22-9-7-6-8-15(22)2/h6-13H,1-5H3/p+1. The highest BCUT2D eigenvalue weighted by atomic mass is 16.6. The van der Waals surface area contributed by atoms with Crippen LogP contribution < -0.4 is 5.32 Å². The number of rotatable bonds is 2. The van der Waals surface area contributed by atoms with Gasteiger partial charge in [-0.2, -0.15) is 0 Å². The van der Waals surface area contributed by atoms with Gasteiger partial charge in [-0.3, -0.25) is 4.79 Å². The summed E-state index contributed by atoms with van der Waals surface area (Å²) < 4.78 is 3.45. The molecule has 1 heterocycles. The summed E-state index contributed by atoms with van der Waals surface area (Å²) in [6.07, 6.45) is 0. The lowest BCUT2D eigenvalue weighted by Gasteiger charge is -2.10. The van der Waals surface area contributed by atoms with E-state index in [1.807, 2.05) is 6.07 Å². The first-order valence-electron chi connectivity index (χ1n) is 9.20. The Labute approximate surface area is 159 Å². The van der Waals surface area contributed by atoms with E-state index in [0.29, 0.717) is 0 Å². The maximum absolute atomic E-state index is 11.6. The molecular weight excluding hydrogens is 334 g/mol. The normalized spacial score (nSPS) is 11.3. The van der Waals surface area contributed by atoms with Gasteiger partial charge in [0.05, 0.1) is 10.8 Å². The third-order valence-electron chi connectivity index (χ3n) is 5.03. The summed E-state index contributed by atoms with van der Waals surface area (Å²) >= 11 is 0. The van der Waals surface area contributed by atoms with Crippen molar-refractivity contribution in [1.82, 2.24) is 0 Å². The Morgan fingerprint density at radius 2 is 1.44 bits per heavy atom. The Bertz CT molecular complexity index is 1210. The highest BCUT2D eigenvalue weighted by Gasteiger charge is 2.26. The molecule has 0 aliphatic heterocycles. The molecule has 0 saturated heterocycles. The molecule has 0 saturated carbocycles. The van der Waals surface area contributed by atoms with Gasteiger partial charge in [0.2, 0.25) is 5.91 Å². The first-order valence-corrected chi connectivity index (χ1v) is 9.20. The molecule has 3 heteroatoms. The van der Waals surface area contributed by atoms with Gasteiger partial charge in [0.15, 0.2) is 0 Å². The van der Waals surface area contributed by atoms with Crippen LogP contribution in [0.25, 0.3) is 27.7 Å². The molecule has 0 spiro atoms. The van der Waals surface area contributed by atoms with Crippen LogP contribution in [0, 0.1) is 27.7 Å². The topological polar surface area (TPSA) is 31.8 Å². The number of fused-ring (bicyclic) bond motifs is 3. The second kappa shape index (κ2) is 6.27. The fourth-order valence-electron chi connectivity index (χ4n) is 4.05. The van der Waals surface area contributed by atoms with Gasteiger partial charge in [-0.1, -0.05) is 18.2 Å². The van der Waals surface area contributed by atoms with Crippen LogP contribution in [0.5, 0.6) is 0 Å². The summed E-state index contributed by atoms with van der Waals surface area (Å²) in [6, 6.07) is 16.9. The average Bonchev–Trinajstić information content (AvgIpc) is 2.90. The number of furan rings is 1. The summed E-state index contributed by atoms with van der Waals surface area (Å²) in [7, 11) is 0. The van der Waals surface area contributed by atoms with E-state index in [0.717, 1.165) is 33.6 Å². The van der Waals surface area contributed by atoms with Gasteiger partial charge in [0.1, 0.15) is 0 Å². The lowest BCUT2D eigenvalue weighted by atomic mass is 10.0. The molecule has 0 atom stereocenters. The average molecular weight is 358 g/mol. The molecule has 0 fully saturated rings. The van der Waals surface area contributed by atoms with E-state index < -0.39 is 0 Å². The van der Waals surface area contributed by atoms with Gasteiger partial charge in [-0.05, 0) is 57.5 Å². The molecule has 136 valence electrons. The predicted octanol–water partition coefficient (Wildman–Crippen LogP) is 6.45. The molecule has 0 aliphatic rings. The largest absolute Gasteiger partial charge is 0.497 e. The van der Waals surface area contributed by atoms with Gasteiger partial charge in [-0.25, -0.2) is 0 Å². The summed E-state index contributed by atoms with van der Waals surface area (Å²) in [6.45, 7) is 10.0. The number of amides is 1. The van der Waals surface area contributed by atoms with E-state index in [1.54, 1.807) is 6.92 Å². The Morgan fingerprint density at radius 1 is 0.815 bits per heavy atom. The molecule has 3 nitrogen and oxygen atoms in total. The van der Waals surface area contributed by atoms with E-state index in [1.165, 1.54) is 22.1 Å². The molecule has 0 bridgehead atoms. The maximum Gasteiger partial charge on any atom is 0.279 e. The van der Waals surface area contributed by atoms with Gasteiger partial charge in [0.25, 0.3) is 16.9 Å². The summed E-state index contributed by atoms with van der Waals surface area (Å²) in [5.41, 5.74) is 7.84. The van der Waals surface area contributed by atoms with Gasteiger partial charge in [0, 0.05) is 35.4 Å². The Balaban J connectivity index is 2.22. The zero-order valence-corrected chi connectivity index (χ0v) is 16.4. The minimum absolute atomic E-state index is 0.0589. The third kappa shape index (κ3) is 2.80.